The number of hydrogen-bond donors (Lipinski definition) is 1. The van der Waals surface area contributed by atoms with Crippen LogP contribution in [0.15, 0.2) is 66.7 Å². The molecule has 1 atom stereocenters. The molecule has 1 N–H and O–H groups in total. The van der Waals surface area contributed by atoms with E-state index in [1.165, 1.54) is 11.1 Å². The van der Waals surface area contributed by atoms with Gasteiger partial charge < -0.3 is 9.72 Å². The standard InChI is InChI=1S/C21H23NO/c1-3-16(2)15-23-19-11-9-18(10-12-19)21-14-13-20(22-21)17-7-5-4-6-8-17/h4-14,16,22H,3,15H2,1-2H3/t16-/m0/s1. The predicted molar refractivity (Wildman–Crippen MR) is 96.6 cm³/mol. The van der Waals surface area contributed by atoms with Gasteiger partial charge in [-0.15, -0.1) is 0 Å². The monoisotopic (exact) mass is 305 g/mol. The zero-order valence-corrected chi connectivity index (χ0v) is 13.8. The Morgan fingerprint density at radius 2 is 1.43 bits per heavy atom. The van der Waals surface area contributed by atoms with E-state index in [-0.39, 0.29) is 0 Å². The minimum atomic E-state index is 0.589. The number of nitrogens with one attached hydrogen (secondary N) is 1. The molecule has 0 fully saturated rings. The van der Waals surface area contributed by atoms with E-state index in [1.807, 2.05) is 18.2 Å². The minimum Gasteiger partial charge on any atom is -0.493 e. The van der Waals surface area contributed by atoms with Crippen molar-refractivity contribution in [2.24, 2.45) is 5.92 Å². The lowest BCUT2D eigenvalue weighted by Gasteiger charge is -2.11. The van der Waals surface area contributed by atoms with Crippen LogP contribution in [-0.2, 0) is 0 Å². The van der Waals surface area contributed by atoms with Crippen LogP contribution in [0.2, 0.25) is 0 Å². The maximum atomic E-state index is 5.81. The van der Waals surface area contributed by atoms with Crippen LogP contribution in [0.5, 0.6) is 5.75 Å². The van der Waals surface area contributed by atoms with Crippen molar-refractivity contribution >= 4 is 0 Å². The highest BCUT2D eigenvalue weighted by molar-refractivity contribution is 5.68. The van der Waals surface area contributed by atoms with Gasteiger partial charge in [-0.2, -0.15) is 0 Å². The van der Waals surface area contributed by atoms with Crippen molar-refractivity contribution in [3.8, 4) is 28.3 Å². The number of hydrogen-bond acceptors (Lipinski definition) is 1. The fourth-order valence-corrected chi connectivity index (χ4v) is 2.44. The molecule has 2 nitrogen and oxygen atoms in total. The second-order valence-corrected chi connectivity index (χ2v) is 6.00. The molecule has 0 aliphatic carbocycles. The number of H-pyrrole nitrogens is 1. The Hall–Kier alpha value is -2.48. The molecule has 2 heteroatoms. The fourth-order valence-electron chi connectivity index (χ4n) is 2.44. The molecule has 118 valence electrons. The van der Waals surface area contributed by atoms with Gasteiger partial charge >= 0.3 is 0 Å². The molecule has 0 unspecified atom stereocenters. The summed E-state index contributed by atoms with van der Waals surface area (Å²) in [6.45, 7) is 5.17. The van der Waals surface area contributed by atoms with Crippen molar-refractivity contribution in [2.75, 3.05) is 6.61 Å². The fraction of sp³-hybridized carbons (Fsp3) is 0.238. The molecule has 2 aromatic carbocycles. The van der Waals surface area contributed by atoms with Gasteiger partial charge in [0.1, 0.15) is 5.75 Å². The molecule has 0 amide bonds. The molecule has 0 aliphatic rings. The molecule has 3 aromatic rings. The number of aromatic amines is 1. The topological polar surface area (TPSA) is 25.0 Å². The van der Waals surface area contributed by atoms with Gasteiger partial charge in [0.2, 0.25) is 0 Å². The summed E-state index contributed by atoms with van der Waals surface area (Å²) in [6, 6.07) is 22.9. The van der Waals surface area contributed by atoms with E-state index >= 15 is 0 Å². The van der Waals surface area contributed by atoms with Crippen LogP contribution in [0.4, 0.5) is 0 Å². The van der Waals surface area contributed by atoms with Crippen molar-refractivity contribution in [3.05, 3.63) is 66.7 Å². The van der Waals surface area contributed by atoms with E-state index in [2.05, 4.69) is 67.4 Å². The van der Waals surface area contributed by atoms with Crippen LogP contribution in [0.3, 0.4) is 0 Å². The van der Waals surface area contributed by atoms with E-state index < -0.39 is 0 Å². The second kappa shape index (κ2) is 7.19. The van der Waals surface area contributed by atoms with Crippen molar-refractivity contribution in [1.29, 1.82) is 0 Å². The van der Waals surface area contributed by atoms with E-state index in [0.717, 1.165) is 30.2 Å². The average molecular weight is 305 g/mol. The Morgan fingerprint density at radius 1 is 0.826 bits per heavy atom. The Balaban J connectivity index is 1.71. The lowest BCUT2D eigenvalue weighted by atomic mass is 10.1. The third-order valence-electron chi connectivity index (χ3n) is 4.17. The minimum absolute atomic E-state index is 0.589. The zero-order chi connectivity index (χ0) is 16.1. The normalized spacial score (nSPS) is 12.1. The molecule has 0 bridgehead atoms. The van der Waals surface area contributed by atoms with Crippen LogP contribution in [0.1, 0.15) is 20.3 Å². The van der Waals surface area contributed by atoms with Crippen LogP contribution in [0.25, 0.3) is 22.5 Å². The smallest absolute Gasteiger partial charge is 0.119 e. The van der Waals surface area contributed by atoms with Crippen LogP contribution in [0, 0.1) is 5.92 Å². The molecule has 3 rings (SSSR count). The molecule has 0 saturated carbocycles. The number of rotatable bonds is 6. The van der Waals surface area contributed by atoms with E-state index in [1.54, 1.807) is 0 Å². The third kappa shape index (κ3) is 3.84. The summed E-state index contributed by atoms with van der Waals surface area (Å²) in [4.78, 5) is 3.48. The van der Waals surface area contributed by atoms with E-state index in [9.17, 15) is 0 Å². The first kappa shape index (κ1) is 15.4. The van der Waals surface area contributed by atoms with E-state index in [0.29, 0.717) is 5.92 Å². The Morgan fingerprint density at radius 3 is 2.04 bits per heavy atom. The Bertz CT molecular complexity index is 728. The predicted octanol–water partition coefficient (Wildman–Crippen LogP) is 5.77. The van der Waals surface area contributed by atoms with Crippen molar-refractivity contribution in [3.63, 3.8) is 0 Å². The van der Waals surface area contributed by atoms with Gasteiger partial charge in [-0.3, -0.25) is 0 Å². The molecule has 0 saturated heterocycles. The summed E-state index contributed by atoms with van der Waals surface area (Å²) in [5.41, 5.74) is 4.63. The summed E-state index contributed by atoms with van der Waals surface area (Å²) < 4.78 is 5.81. The van der Waals surface area contributed by atoms with Gasteiger partial charge in [0.25, 0.3) is 0 Å². The first-order valence-electron chi connectivity index (χ1n) is 8.24. The first-order valence-corrected chi connectivity index (χ1v) is 8.24. The number of benzene rings is 2. The molecule has 1 heterocycles. The van der Waals surface area contributed by atoms with Crippen LogP contribution >= 0.6 is 0 Å². The van der Waals surface area contributed by atoms with Gasteiger partial charge in [0.05, 0.1) is 6.61 Å². The average Bonchev–Trinajstić information content (AvgIpc) is 3.11. The zero-order valence-electron chi connectivity index (χ0n) is 13.8. The van der Waals surface area contributed by atoms with Gasteiger partial charge in [0.15, 0.2) is 0 Å². The molecule has 1 aromatic heterocycles. The highest BCUT2D eigenvalue weighted by Crippen LogP contribution is 2.26. The second-order valence-electron chi connectivity index (χ2n) is 6.00. The van der Waals surface area contributed by atoms with Gasteiger partial charge in [-0.1, -0.05) is 50.6 Å². The summed E-state index contributed by atoms with van der Waals surface area (Å²) in [5, 5.41) is 0. The Labute approximate surface area is 138 Å². The first-order chi connectivity index (χ1) is 11.3. The lowest BCUT2D eigenvalue weighted by molar-refractivity contribution is 0.256. The van der Waals surface area contributed by atoms with Crippen molar-refractivity contribution < 1.29 is 4.74 Å². The summed E-state index contributed by atoms with van der Waals surface area (Å²) in [5.74, 6) is 1.52. The molecule has 0 radical (unpaired) electrons. The number of aromatic nitrogens is 1. The lowest BCUT2D eigenvalue weighted by Crippen LogP contribution is -2.06. The molecule has 0 aliphatic heterocycles. The number of ether oxygens (including phenoxy) is 1. The third-order valence-corrected chi connectivity index (χ3v) is 4.17. The highest BCUT2D eigenvalue weighted by Gasteiger charge is 2.05. The molecule has 0 spiro atoms. The van der Waals surface area contributed by atoms with Gasteiger partial charge in [-0.05, 0) is 53.4 Å². The summed E-state index contributed by atoms with van der Waals surface area (Å²) >= 11 is 0. The maximum absolute atomic E-state index is 5.81. The van der Waals surface area contributed by atoms with Crippen LogP contribution < -0.4 is 4.74 Å². The summed E-state index contributed by atoms with van der Waals surface area (Å²) in [6.07, 6.45) is 1.14. The molecule has 23 heavy (non-hydrogen) atoms. The van der Waals surface area contributed by atoms with Gasteiger partial charge in [-0.25, -0.2) is 0 Å². The SMILES string of the molecule is CC[C@H](C)COc1ccc(-c2ccc(-c3ccccc3)[nH]2)cc1. The van der Waals surface area contributed by atoms with Crippen molar-refractivity contribution in [2.45, 2.75) is 20.3 Å². The van der Waals surface area contributed by atoms with Crippen molar-refractivity contribution in [1.82, 2.24) is 4.98 Å². The summed E-state index contributed by atoms with van der Waals surface area (Å²) in [7, 11) is 0. The highest BCUT2D eigenvalue weighted by atomic mass is 16.5. The largest absolute Gasteiger partial charge is 0.493 e. The molecular formula is C21H23NO. The molecular weight excluding hydrogens is 282 g/mol. The Kier molecular flexibility index (Phi) is 4.82. The van der Waals surface area contributed by atoms with Gasteiger partial charge in [0, 0.05) is 11.4 Å². The maximum Gasteiger partial charge on any atom is 0.119 e. The van der Waals surface area contributed by atoms with Crippen LogP contribution in [-0.4, -0.2) is 11.6 Å². The van der Waals surface area contributed by atoms with E-state index in [4.69, 9.17) is 4.74 Å². The quantitative estimate of drug-likeness (QED) is 0.614.